The number of hydrogen-bond acceptors (Lipinski definition) is 1. The smallest absolute Gasteiger partial charge is 0.193 e. The fourth-order valence-electron chi connectivity index (χ4n) is 3.09. The normalized spacial score (nSPS) is 20.7. The van der Waals surface area contributed by atoms with E-state index in [4.69, 9.17) is 4.99 Å². The highest BCUT2D eigenvalue weighted by molar-refractivity contribution is 5.80. The van der Waals surface area contributed by atoms with Gasteiger partial charge in [0.05, 0.1) is 6.54 Å². The average molecular weight is 289 g/mol. The summed E-state index contributed by atoms with van der Waals surface area (Å²) in [6.07, 6.45) is 4.72. The van der Waals surface area contributed by atoms with Crippen molar-refractivity contribution < 1.29 is 4.39 Å². The minimum absolute atomic E-state index is 0.0719. The van der Waals surface area contributed by atoms with Gasteiger partial charge in [-0.3, -0.25) is 4.99 Å². The van der Waals surface area contributed by atoms with Gasteiger partial charge < -0.3 is 10.2 Å². The summed E-state index contributed by atoms with van der Waals surface area (Å²) in [7, 11) is 0. The topological polar surface area (TPSA) is 27.6 Å². The standard InChI is InChI=1S/C17H24FN3/c1-2-19-16(21-10-3-4-11-21)20-13-17(8-9-17)14-6-5-7-15(18)12-14/h5-7,12H,2-4,8-11,13H2,1H3,(H,19,20). The molecule has 0 radical (unpaired) electrons. The number of likely N-dealkylation sites (tertiary alicyclic amines) is 1. The Bertz CT molecular complexity index is 517. The molecule has 21 heavy (non-hydrogen) atoms. The lowest BCUT2D eigenvalue weighted by molar-refractivity contribution is 0.491. The molecule has 0 amide bonds. The number of rotatable bonds is 4. The van der Waals surface area contributed by atoms with Crippen molar-refractivity contribution in [3.8, 4) is 0 Å². The van der Waals surface area contributed by atoms with Crippen LogP contribution < -0.4 is 5.32 Å². The zero-order valence-electron chi connectivity index (χ0n) is 12.7. The Morgan fingerprint density at radius 3 is 2.71 bits per heavy atom. The van der Waals surface area contributed by atoms with Gasteiger partial charge in [0.1, 0.15) is 5.82 Å². The summed E-state index contributed by atoms with van der Waals surface area (Å²) >= 11 is 0. The molecule has 1 aliphatic carbocycles. The van der Waals surface area contributed by atoms with Crippen LogP contribution in [0.2, 0.25) is 0 Å². The Labute approximate surface area is 126 Å². The molecule has 3 rings (SSSR count). The first-order valence-corrected chi connectivity index (χ1v) is 8.03. The molecule has 0 atom stereocenters. The quantitative estimate of drug-likeness (QED) is 0.682. The van der Waals surface area contributed by atoms with Crippen LogP contribution >= 0.6 is 0 Å². The fourth-order valence-corrected chi connectivity index (χ4v) is 3.09. The molecule has 114 valence electrons. The molecule has 0 unspecified atom stereocenters. The Kier molecular flexibility index (Phi) is 4.13. The highest BCUT2D eigenvalue weighted by Gasteiger charge is 2.44. The average Bonchev–Trinajstić information content (AvgIpc) is 3.08. The summed E-state index contributed by atoms with van der Waals surface area (Å²) in [6, 6.07) is 7.02. The molecule has 2 aliphatic rings. The van der Waals surface area contributed by atoms with E-state index in [1.165, 1.54) is 18.9 Å². The van der Waals surface area contributed by atoms with E-state index in [-0.39, 0.29) is 11.2 Å². The van der Waals surface area contributed by atoms with E-state index >= 15 is 0 Å². The van der Waals surface area contributed by atoms with Crippen LogP contribution in [0.25, 0.3) is 0 Å². The molecule has 1 aromatic carbocycles. The van der Waals surface area contributed by atoms with Gasteiger partial charge >= 0.3 is 0 Å². The predicted molar refractivity (Wildman–Crippen MR) is 84.1 cm³/mol. The van der Waals surface area contributed by atoms with Crippen molar-refractivity contribution >= 4 is 5.96 Å². The number of guanidine groups is 1. The van der Waals surface area contributed by atoms with Gasteiger partial charge in [0, 0.05) is 25.0 Å². The molecule has 3 nitrogen and oxygen atoms in total. The van der Waals surface area contributed by atoms with Gasteiger partial charge in [0.2, 0.25) is 0 Å². The molecular formula is C17H24FN3. The monoisotopic (exact) mass is 289 g/mol. The number of nitrogens with one attached hydrogen (secondary N) is 1. The molecule has 4 heteroatoms. The van der Waals surface area contributed by atoms with Gasteiger partial charge in [-0.2, -0.15) is 0 Å². The molecule has 0 aromatic heterocycles. The number of aliphatic imine (C=N–C) groups is 1. The second-order valence-electron chi connectivity index (χ2n) is 6.15. The van der Waals surface area contributed by atoms with Crippen LogP contribution in [0.15, 0.2) is 29.3 Å². The first-order chi connectivity index (χ1) is 10.2. The largest absolute Gasteiger partial charge is 0.357 e. The van der Waals surface area contributed by atoms with Crippen LogP contribution in [-0.2, 0) is 5.41 Å². The van der Waals surface area contributed by atoms with E-state index in [0.29, 0.717) is 0 Å². The highest BCUT2D eigenvalue weighted by atomic mass is 19.1. The van der Waals surface area contributed by atoms with Crippen molar-refractivity contribution in [3.05, 3.63) is 35.6 Å². The van der Waals surface area contributed by atoms with Crippen molar-refractivity contribution in [3.63, 3.8) is 0 Å². The molecule has 0 bridgehead atoms. The van der Waals surface area contributed by atoms with Crippen LogP contribution in [0.5, 0.6) is 0 Å². The molecule has 1 N–H and O–H groups in total. The molecule has 1 saturated heterocycles. The van der Waals surface area contributed by atoms with Crippen molar-refractivity contribution in [2.45, 2.75) is 38.0 Å². The summed E-state index contributed by atoms with van der Waals surface area (Å²) in [4.78, 5) is 7.18. The summed E-state index contributed by atoms with van der Waals surface area (Å²) in [5.41, 5.74) is 1.17. The maximum Gasteiger partial charge on any atom is 0.193 e. The molecule has 0 spiro atoms. The van der Waals surface area contributed by atoms with Gasteiger partial charge in [0.15, 0.2) is 5.96 Å². The van der Waals surface area contributed by atoms with Crippen LogP contribution in [0.3, 0.4) is 0 Å². The van der Waals surface area contributed by atoms with Crippen LogP contribution in [0, 0.1) is 5.82 Å². The minimum Gasteiger partial charge on any atom is -0.357 e. The van der Waals surface area contributed by atoms with Crippen molar-refractivity contribution in [2.24, 2.45) is 4.99 Å². The van der Waals surface area contributed by atoms with E-state index in [1.807, 2.05) is 6.07 Å². The second-order valence-corrected chi connectivity index (χ2v) is 6.15. The molecule has 1 aromatic rings. The van der Waals surface area contributed by atoms with Crippen LogP contribution in [0.4, 0.5) is 4.39 Å². The molecular weight excluding hydrogens is 265 g/mol. The molecule has 1 aliphatic heterocycles. The summed E-state index contributed by atoms with van der Waals surface area (Å²) in [6.45, 7) is 5.94. The van der Waals surface area contributed by atoms with E-state index in [0.717, 1.165) is 50.5 Å². The van der Waals surface area contributed by atoms with E-state index in [2.05, 4.69) is 17.1 Å². The lowest BCUT2D eigenvalue weighted by Crippen LogP contribution is -2.40. The summed E-state index contributed by atoms with van der Waals surface area (Å²) in [5.74, 6) is 0.881. The van der Waals surface area contributed by atoms with E-state index in [1.54, 1.807) is 12.1 Å². The number of benzene rings is 1. The number of nitrogens with zero attached hydrogens (tertiary/aromatic N) is 2. The highest BCUT2D eigenvalue weighted by Crippen LogP contribution is 2.48. The Morgan fingerprint density at radius 2 is 2.10 bits per heavy atom. The van der Waals surface area contributed by atoms with Gasteiger partial charge in [-0.1, -0.05) is 12.1 Å². The summed E-state index contributed by atoms with van der Waals surface area (Å²) < 4.78 is 13.4. The lowest BCUT2D eigenvalue weighted by atomic mass is 9.96. The Balaban J connectivity index is 1.73. The molecule has 1 heterocycles. The second kappa shape index (κ2) is 6.04. The van der Waals surface area contributed by atoms with Gasteiger partial charge in [-0.15, -0.1) is 0 Å². The third kappa shape index (κ3) is 3.20. The van der Waals surface area contributed by atoms with Crippen molar-refractivity contribution in [2.75, 3.05) is 26.2 Å². The number of hydrogen-bond donors (Lipinski definition) is 1. The first-order valence-electron chi connectivity index (χ1n) is 8.03. The van der Waals surface area contributed by atoms with Gasteiger partial charge in [-0.25, -0.2) is 4.39 Å². The number of halogens is 1. The van der Waals surface area contributed by atoms with Crippen molar-refractivity contribution in [1.82, 2.24) is 10.2 Å². The predicted octanol–water partition coefficient (Wildman–Crippen LogP) is 2.92. The third-order valence-corrected chi connectivity index (χ3v) is 4.56. The Morgan fingerprint density at radius 1 is 1.33 bits per heavy atom. The maximum atomic E-state index is 13.4. The van der Waals surface area contributed by atoms with E-state index in [9.17, 15) is 4.39 Å². The third-order valence-electron chi connectivity index (χ3n) is 4.56. The van der Waals surface area contributed by atoms with Gasteiger partial charge in [0.25, 0.3) is 0 Å². The maximum absolute atomic E-state index is 13.4. The zero-order chi connectivity index (χ0) is 14.7. The van der Waals surface area contributed by atoms with E-state index < -0.39 is 0 Å². The SMILES string of the molecule is CCNC(=NCC1(c2cccc(F)c2)CC1)N1CCCC1. The molecule has 2 fully saturated rings. The van der Waals surface area contributed by atoms with Crippen molar-refractivity contribution in [1.29, 1.82) is 0 Å². The first kappa shape index (κ1) is 14.4. The summed E-state index contributed by atoms with van der Waals surface area (Å²) in [5, 5.41) is 3.39. The van der Waals surface area contributed by atoms with Crippen LogP contribution in [0.1, 0.15) is 38.2 Å². The Hall–Kier alpha value is -1.58. The molecule has 1 saturated carbocycles. The minimum atomic E-state index is -0.144. The van der Waals surface area contributed by atoms with Gasteiger partial charge in [-0.05, 0) is 50.3 Å². The van der Waals surface area contributed by atoms with Crippen LogP contribution in [-0.4, -0.2) is 37.0 Å². The zero-order valence-corrected chi connectivity index (χ0v) is 12.7. The lowest BCUT2D eigenvalue weighted by Gasteiger charge is -2.22. The fraction of sp³-hybridized carbons (Fsp3) is 0.588.